The molecule has 0 unspecified atom stereocenters. The van der Waals surface area contributed by atoms with Crippen LogP contribution in [0.5, 0.6) is 11.8 Å². The lowest BCUT2D eigenvalue weighted by Gasteiger charge is -2.06. The van der Waals surface area contributed by atoms with Crippen molar-refractivity contribution in [2.75, 3.05) is 5.73 Å². The van der Waals surface area contributed by atoms with Gasteiger partial charge in [-0.1, -0.05) is 0 Å². The summed E-state index contributed by atoms with van der Waals surface area (Å²) in [4.78, 5) is 7.62. The summed E-state index contributed by atoms with van der Waals surface area (Å²) in [7, 11) is 1.77. The Morgan fingerprint density at radius 2 is 2.25 bits per heavy atom. The summed E-state index contributed by atoms with van der Waals surface area (Å²) in [6.07, 6.45) is 1.40. The molecule has 0 saturated heterocycles. The number of aromatic nitrogens is 4. The van der Waals surface area contributed by atoms with E-state index >= 15 is 0 Å². The van der Waals surface area contributed by atoms with Crippen molar-refractivity contribution in [2.45, 2.75) is 6.92 Å². The second kappa shape index (κ2) is 3.97. The van der Waals surface area contributed by atoms with Gasteiger partial charge in [-0.15, -0.1) is 0 Å². The summed E-state index contributed by atoms with van der Waals surface area (Å²) < 4.78 is 7.07. The van der Waals surface area contributed by atoms with Gasteiger partial charge in [0, 0.05) is 13.1 Å². The molecule has 0 aliphatic carbocycles. The van der Waals surface area contributed by atoms with E-state index in [0.717, 1.165) is 5.69 Å². The van der Waals surface area contributed by atoms with E-state index in [2.05, 4.69) is 15.1 Å². The average Bonchev–Trinajstić information content (AvgIpc) is 2.51. The molecule has 0 saturated carbocycles. The first kappa shape index (κ1) is 10.7. The van der Waals surface area contributed by atoms with Crippen molar-refractivity contribution in [1.29, 1.82) is 0 Å². The van der Waals surface area contributed by atoms with Crippen LogP contribution in [0.1, 0.15) is 5.69 Å². The minimum atomic E-state index is 0.0862. The molecule has 16 heavy (non-hydrogen) atoms. The number of halogens is 1. The molecule has 0 amide bonds. The van der Waals surface area contributed by atoms with Crippen molar-refractivity contribution < 1.29 is 4.74 Å². The number of nitrogens with zero attached hydrogens (tertiary/aromatic N) is 4. The minimum Gasteiger partial charge on any atom is -0.419 e. The fraction of sp³-hybridized carbons (Fsp3) is 0.222. The van der Waals surface area contributed by atoms with Crippen LogP contribution in [0.4, 0.5) is 5.69 Å². The van der Waals surface area contributed by atoms with Gasteiger partial charge in [0.25, 0.3) is 0 Å². The van der Waals surface area contributed by atoms with E-state index in [-0.39, 0.29) is 11.2 Å². The van der Waals surface area contributed by atoms with Crippen LogP contribution in [0.2, 0.25) is 5.28 Å². The van der Waals surface area contributed by atoms with E-state index in [0.29, 0.717) is 11.6 Å². The second-order valence-corrected chi connectivity index (χ2v) is 3.59. The lowest BCUT2D eigenvalue weighted by Crippen LogP contribution is -2.00. The molecule has 0 bridgehead atoms. The molecular formula is C9H10ClN5O. The van der Waals surface area contributed by atoms with Gasteiger partial charge in [-0.05, 0) is 18.5 Å². The van der Waals surface area contributed by atoms with Gasteiger partial charge in [-0.25, -0.2) is 9.67 Å². The van der Waals surface area contributed by atoms with E-state index in [4.69, 9.17) is 22.1 Å². The van der Waals surface area contributed by atoms with E-state index in [1.54, 1.807) is 17.8 Å². The van der Waals surface area contributed by atoms with Gasteiger partial charge in [-0.2, -0.15) is 10.1 Å². The zero-order valence-electron chi connectivity index (χ0n) is 8.81. The molecule has 0 atom stereocenters. The van der Waals surface area contributed by atoms with Gasteiger partial charge >= 0.3 is 0 Å². The van der Waals surface area contributed by atoms with E-state index < -0.39 is 0 Å². The molecule has 6 nitrogen and oxygen atoms in total. The number of hydrogen-bond donors (Lipinski definition) is 1. The molecule has 0 radical (unpaired) electrons. The number of anilines is 1. The van der Waals surface area contributed by atoms with Crippen molar-refractivity contribution in [3.8, 4) is 11.8 Å². The van der Waals surface area contributed by atoms with Crippen LogP contribution >= 0.6 is 11.6 Å². The van der Waals surface area contributed by atoms with Crippen LogP contribution < -0.4 is 10.5 Å². The molecule has 0 aliphatic rings. The Kier molecular flexibility index (Phi) is 2.66. The molecular weight excluding hydrogens is 230 g/mol. The summed E-state index contributed by atoms with van der Waals surface area (Å²) >= 11 is 5.65. The Hall–Kier alpha value is -1.82. The third-order valence-electron chi connectivity index (χ3n) is 1.91. The second-order valence-electron chi connectivity index (χ2n) is 3.25. The lowest BCUT2D eigenvalue weighted by atomic mass is 10.5. The normalized spacial score (nSPS) is 10.4. The average molecular weight is 240 g/mol. The van der Waals surface area contributed by atoms with Crippen LogP contribution in [0.25, 0.3) is 0 Å². The van der Waals surface area contributed by atoms with Crippen molar-refractivity contribution in [2.24, 2.45) is 7.05 Å². The largest absolute Gasteiger partial charge is 0.419 e. The topological polar surface area (TPSA) is 78.9 Å². The maximum absolute atomic E-state index is 5.66. The molecule has 2 rings (SSSR count). The number of nitrogens with two attached hydrogens (primary N) is 1. The molecule has 0 fully saturated rings. The van der Waals surface area contributed by atoms with Crippen LogP contribution in [0.15, 0.2) is 12.3 Å². The quantitative estimate of drug-likeness (QED) is 0.805. The van der Waals surface area contributed by atoms with Crippen LogP contribution in [-0.2, 0) is 7.05 Å². The smallest absolute Gasteiger partial charge is 0.248 e. The SMILES string of the molecule is Cc1cc(Oc2nc(Cl)ncc2N)n(C)n1. The molecule has 0 spiro atoms. The van der Waals surface area contributed by atoms with Gasteiger partial charge in [-0.3, -0.25) is 0 Å². The number of hydrogen-bond acceptors (Lipinski definition) is 5. The van der Waals surface area contributed by atoms with Crippen LogP contribution in [-0.4, -0.2) is 19.7 Å². The number of aryl methyl sites for hydroxylation is 2. The Morgan fingerprint density at radius 1 is 1.50 bits per heavy atom. The van der Waals surface area contributed by atoms with E-state index in [9.17, 15) is 0 Å². The minimum absolute atomic E-state index is 0.0862. The predicted octanol–water partition coefficient (Wildman–Crippen LogP) is 1.55. The fourth-order valence-corrected chi connectivity index (χ4v) is 1.34. The highest BCUT2D eigenvalue weighted by Gasteiger charge is 2.09. The number of rotatable bonds is 2. The summed E-state index contributed by atoms with van der Waals surface area (Å²) in [6, 6.07) is 1.77. The number of ether oxygens (including phenoxy) is 1. The van der Waals surface area contributed by atoms with Crippen molar-refractivity contribution in [3.63, 3.8) is 0 Å². The van der Waals surface area contributed by atoms with E-state index in [1.807, 2.05) is 6.92 Å². The van der Waals surface area contributed by atoms with Gasteiger partial charge in [0.2, 0.25) is 17.0 Å². The lowest BCUT2D eigenvalue weighted by molar-refractivity contribution is 0.417. The monoisotopic (exact) mass is 239 g/mol. The summed E-state index contributed by atoms with van der Waals surface area (Å²) in [6.45, 7) is 1.86. The highest BCUT2D eigenvalue weighted by molar-refractivity contribution is 6.28. The zero-order valence-corrected chi connectivity index (χ0v) is 9.56. The highest BCUT2D eigenvalue weighted by Crippen LogP contribution is 2.25. The fourth-order valence-electron chi connectivity index (χ4n) is 1.22. The first-order chi connectivity index (χ1) is 7.56. The molecule has 0 aromatic carbocycles. The van der Waals surface area contributed by atoms with Crippen molar-refractivity contribution >= 4 is 17.3 Å². The Balaban J connectivity index is 2.33. The standard InChI is InChI=1S/C9H10ClN5O/c1-5-3-7(15(2)14-5)16-8-6(11)4-12-9(10)13-8/h3-4H,11H2,1-2H3. The van der Waals surface area contributed by atoms with Crippen molar-refractivity contribution in [1.82, 2.24) is 19.7 Å². The molecule has 0 aliphatic heterocycles. The Morgan fingerprint density at radius 3 is 2.88 bits per heavy atom. The van der Waals surface area contributed by atoms with Crippen molar-refractivity contribution in [3.05, 3.63) is 23.2 Å². The molecule has 2 aromatic heterocycles. The number of nitrogen functional groups attached to an aromatic ring is 1. The van der Waals surface area contributed by atoms with Gasteiger partial charge in [0.15, 0.2) is 0 Å². The van der Waals surface area contributed by atoms with Gasteiger partial charge < -0.3 is 10.5 Å². The molecule has 7 heteroatoms. The first-order valence-electron chi connectivity index (χ1n) is 4.53. The van der Waals surface area contributed by atoms with E-state index in [1.165, 1.54) is 6.20 Å². The molecule has 2 aromatic rings. The Bertz CT molecular complexity index is 525. The highest BCUT2D eigenvalue weighted by atomic mass is 35.5. The zero-order chi connectivity index (χ0) is 11.7. The van der Waals surface area contributed by atoms with Gasteiger partial charge in [0.05, 0.1) is 11.9 Å². The third-order valence-corrected chi connectivity index (χ3v) is 2.09. The van der Waals surface area contributed by atoms with Gasteiger partial charge in [0.1, 0.15) is 5.69 Å². The predicted molar refractivity (Wildman–Crippen MR) is 59.5 cm³/mol. The summed E-state index contributed by atoms with van der Waals surface area (Å²) in [5.41, 5.74) is 6.82. The molecule has 84 valence electrons. The summed E-state index contributed by atoms with van der Waals surface area (Å²) in [5, 5.41) is 4.22. The molecule has 2 N–H and O–H groups in total. The van der Waals surface area contributed by atoms with Crippen LogP contribution in [0, 0.1) is 6.92 Å². The summed E-state index contributed by atoms with van der Waals surface area (Å²) in [5.74, 6) is 0.766. The first-order valence-corrected chi connectivity index (χ1v) is 4.90. The maximum Gasteiger partial charge on any atom is 0.248 e. The molecule has 2 heterocycles. The third kappa shape index (κ3) is 2.06. The Labute approximate surface area is 97.0 Å². The maximum atomic E-state index is 5.66. The van der Waals surface area contributed by atoms with Crippen LogP contribution in [0.3, 0.4) is 0 Å².